The number of benzene rings is 2. The van der Waals surface area contributed by atoms with Crippen molar-refractivity contribution in [1.29, 1.82) is 0 Å². The van der Waals surface area contributed by atoms with Crippen LogP contribution in [-0.2, 0) is 20.7 Å². The Hall–Kier alpha value is -3.34. The van der Waals surface area contributed by atoms with Gasteiger partial charge in [0.05, 0.1) is 6.61 Å². The second-order valence-corrected chi connectivity index (χ2v) is 6.78. The number of hydrogen-bond acceptors (Lipinski definition) is 5. The first kappa shape index (κ1) is 19.4. The van der Waals surface area contributed by atoms with Gasteiger partial charge in [-0.05, 0) is 18.9 Å². The van der Waals surface area contributed by atoms with Gasteiger partial charge in [0.1, 0.15) is 5.78 Å². The lowest BCUT2D eigenvalue weighted by atomic mass is 9.81. The van der Waals surface area contributed by atoms with Crippen LogP contribution in [0, 0.1) is 0 Å². The van der Waals surface area contributed by atoms with Crippen LogP contribution in [0.1, 0.15) is 57.2 Å². The summed E-state index contributed by atoms with van der Waals surface area (Å²) >= 11 is 0. The van der Waals surface area contributed by atoms with Crippen molar-refractivity contribution < 1.29 is 23.9 Å². The van der Waals surface area contributed by atoms with Gasteiger partial charge < -0.3 is 4.74 Å². The van der Waals surface area contributed by atoms with Crippen LogP contribution in [0.15, 0.2) is 54.6 Å². The molecule has 5 nitrogen and oxygen atoms in total. The zero-order valence-electron chi connectivity index (χ0n) is 15.6. The van der Waals surface area contributed by atoms with Gasteiger partial charge in [-0.3, -0.25) is 14.4 Å². The summed E-state index contributed by atoms with van der Waals surface area (Å²) < 4.78 is 4.98. The molecule has 142 valence electrons. The number of fused-ring (bicyclic) bond motifs is 2. The molecule has 0 atom stereocenters. The Kier molecular flexibility index (Phi) is 5.64. The van der Waals surface area contributed by atoms with E-state index in [9.17, 15) is 19.2 Å². The third-order valence-corrected chi connectivity index (χ3v) is 4.61. The second-order valence-electron chi connectivity index (χ2n) is 6.78. The Labute approximate surface area is 163 Å². The summed E-state index contributed by atoms with van der Waals surface area (Å²) in [6.45, 7) is 5.19. The normalized spacial score (nSPS) is 12.2. The molecule has 2 aromatic carbocycles. The molecule has 0 unspecified atom stereocenters. The van der Waals surface area contributed by atoms with Gasteiger partial charge in [0.15, 0.2) is 11.6 Å². The molecule has 0 bridgehead atoms. The molecule has 0 radical (unpaired) electrons. The van der Waals surface area contributed by atoms with Crippen molar-refractivity contribution in [2.24, 2.45) is 0 Å². The van der Waals surface area contributed by atoms with Gasteiger partial charge in [-0.2, -0.15) is 0 Å². The molecule has 0 N–H and O–H groups in total. The average molecular weight is 376 g/mol. The Balaban J connectivity index is 1.72. The lowest BCUT2D eigenvalue weighted by Crippen LogP contribution is -2.23. The number of esters is 1. The molecule has 0 aliphatic heterocycles. The maximum absolute atomic E-state index is 12.9. The minimum Gasteiger partial charge on any atom is -0.462 e. The standard InChI is InChI=1S/C23H20O5/c1-14(2)23(27)28-12-6-8-16(24)13-15-7-5-11-19-20(15)22(26)18-10-4-3-9-17(18)21(19)25/h3-5,7,9-11H,1,6,8,12-13H2,2H3. The third-order valence-electron chi connectivity index (χ3n) is 4.61. The zero-order chi connectivity index (χ0) is 20.3. The highest BCUT2D eigenvalue weighted by Gasteiger charge is 2.31. The highest BCUT2D eigenvalue weighted by molar-refractivity contribution is 6.29. The molecular weight excluding hydrogens is 356 g/mol. The van der Waals surface area contributed by atoms with Crippen LogP contribution < -0.4 is 0 Å². The number of Topliss-reactive ketones (excluding diaryl/α,β-unsaturated/α-hetero) is 1. The van der Waals surface area contributed by atoms with E-state index < -0.39 is 5.97 Å². The van der Waals surface area contributed by atoms with Crippen LogP contribution in [0.5, 0.6) is 0 Å². The molecule has 5 heteroatoms. The van der Waals surface area contributed by atoms with Gasteiger partial charge in [-0.15, -0.1) is 0 Å². The van der Waals surface area contributed by atoms with Crippen LogP contribution in [0.4, 0.5) is 0 Å². The largest absolute Gasteiger partial charge is 0.462 e. The fourth-order valence-electron chi connectivity index (χ4n) is 3.22. The van der Waals surface area contributed by atoms with Gasteiger partial charge in [0, 0.05) is 40.7 Å². The molecule has 0 heterocycles. The van der Waals surface area contributed by atoms with Crippen molar-refractivity contribution in [3.05, 3.63) is 82.4 Å². The minimum absolute atomic E-state index is 0.0544. The maximum atomic E-state index is 12.9. The summed E-state index contributed by atoms with van der Waals surface area (Å²) in [4.78, 5) is 49.3. The maximum Gasteiger partial charge on any atom is 0.333 e. The first-order chi connectivity index (χ1) is 13.4. The third kappa shape index (κ3) is 3.83. The fourth-order valence-corrected chi connectivity index (χ4v) is 3.22. The summed E-state index contributed by atoms with van der Waals surface area (Å²) in [5.74, 6) is -0.999. The summed E-state index contributed by atoms with van der Waals surface area (Å²) in [6, 6.07) is 11.7. The van der Waals surface area contributed by atoms with Gasteiger partial charge >= 0.3 is 5.97 Å². The molecule has 0 aromatic heterocycles. The summed E-state index contributed by atoms with van der Waals surface area (Å²) in [5.41, 5.74) is 2.27. The Morgan fingerprint density at radius 2 is 1.57 bits per heavy atom. The molecule has 3 rings (SSSR count). The lowest BCUT2D eigenvalue weighted by Gasteiger charge is -2.19. The van der Waals surface area contributed by atoms with Crippen molar-refractivity contribution in [3.8, 4) is 0 Å². The number of hydrogen-bond donors (Lipinski definition) is 0. The molecule has 0 spiro atoms. The van der Waals surface area contributed by atoms with Crippen molar-refractivity contribution in [1.82, 2.24) is 0 Å². The first-order valence-electron chi connectivity index (χ1n) is 9.04. The molecule has 1 aliphatic carbocycles. The summed E-state index contributed by atoms with van der Waals surface area (Å²) in [6.07, 6.45) is 0.660. The highest BCUT2D eigenvalue weighted by atomic mass is 16.5. The van der Waals surface area contributed by atoms with Crippen LogP contribution in [0.3, 0.4) is 0 Å². The second kappa shape index (κ2) is 8.13. The fraction of sp³-hybridized carbons (Fsp3) is 0.217. The summed E-state index contributed by atoms with van der Waals surface area (Å²) in [7, 11) is 0. The van der Waals surface area contributed by atoms with Crippen molar-refractivity contribution in [2.75, 3.05) is 6.61 Å². The number of rotatable bonds is 7. The Bertz CT molecular complexity index is 1000. The predicted octanol–water partition coefficient (Wildman–Crippen LogP) is 3.47. The van der Waals surface area contributed by atoms with Gasteiger partial charge in [0.25, 0.3) is 0 Å². The van der Waals surface area contributed by atoms with Crippen LogP contribution in [0.2, 0.25) is 0 Å². The monoisotopic (exact) mass is 376 g/mol. The molecule has 0 saturated heterocycles. The molecule has 0 amide bonds. The van der Waals surface area contributed by atoms with Crippen molar-refractivity contribution in [2.45, 2.75) is 26.2 Å². The van der Waals surface area contributed by atoms with Crippen LogP contribution in [-0.4, -0.2) is 29.9 Å². The lowest BCUT2D eigenvalue weighted by molar-refractivity contribution is -0.139. The van der Waals surface area contributed by atoms with E-state index in [4.69, 9.17) is 4.74 Å². The summed E-state index contributed by atoms with van der Waals surface area (Å²) in [5, 5.41) is 0. The van der Waals surface area contributed by atoms with Crippen molar-refractivity contribution in [3.63, 3.8) is 0 Å². The van der Waals surface area contributed by atoms with E-state index in [0.29, 0.717) is 39.8 Å². The quantitative estimate of drug-likeness (QED) is 0.358. The molecular formula is C23H20O5. The zero-order valence-corrected chi connectivity index (χ0v) is 15.6. The SMILES string of the molecule is C=C(C)C(=O)OCCCC(=O)Cc1cccc2c1C(=O)c1ccccc1C2=O. The van der Waals surface area contributed by atoms with Gasteiger partial charge in [-0.1, -0.05) is 49.0 Å². The van der Waals surface area contributed by atoms with Gasteiger partial charge in [0.2, 0.25) is 0 Å². The first-order valence-corrected chi connectivity index (χ1v) is 9.04. The number of ketones is 3. The van der Waals surface area contributed by atoms with Gasteiger partial charge in [-0.25, -0.2) is 4.79 Å². The highest BCUT2D eigenvalue weighted by Crippen LogP contribution is 2.29. The van der Waals surface area contributed by atoms with E-state index in [-0.39, 0.29) is 36.8 Å². The smallest absolute Gasteiger partial charge is 0.333 e. The number of carbonyl (C=O) groups excluding carboxylic acids is 4. The predicted molar refractivity (Wildman–Crippen MR) is 103 cm³/mol. The van der Waals surface area contributed by atoms with Crippen LogP contribution in [0.25, 0.3) is 0 Å². The number of carbonyl (C=O) groups is 4. The van der Waals surface area contributed by atoms with E-state index in [1.54, 1.807) is 49.4 Å². The molecule has 0 fully saturated rings. The van der Waals surface area contributed by atoms with E-state index in [0.717, 1.165) is 0 Å². The topological polar surface area (TPSA) is 77.5 Å². The average Bonchev–Trinajstić information content (AvgIpc) is 2.69. The molecule has 28 heavy (non-hydrogen) atoms. The molecule has 1 aliphatic rings. The van der Waals surface area contributed by atoms with E-state index in [1.165, 1.54) is 0 Å². The Morgan fingerprint density at radius 3 is 2.25 bits per heavy atom. The minimum atomic E-state index is -0.479. The number of ether oxygens (including phenoxy) is 1. The molecule has 0 saturated carbocycles. The van der Waals surface area contributed by atoms with Crippen LogP contribution >= 0.6 is 0 Å². The van der Waals surface area contributed by atoms with Crippen molar-refractivity contribution >= 4 is 23.3 Å². The van der Waals surface area contributed by atoms with E-state index >= 15 is 0 Å². The van der Waals surface area contributed by atoms with E-state index in [2.05, 4.69) is 6.58 Å². The Morgan fingerprint density at radius 1 is 0.929 bits per heavy atom. The van der Waals surface area contributed by atoms with E-state index in [1.807, 2.05) is 0 Å². The molecule has 2 aromatic rings.